The molecule has 3 heterocycles. The van der Waals surface area contributed by atoms with E-state index in [1.54, 1.807) is 30.9 Å². The average Bonchev–Trinajstić information content (AvgIpc) is 3.29. The maximum atomic E-state index is 13.1. The largest absolute Gasteiger partial charge is 0.487 e. The van der Waals surface area contributed by atoms with Gasteiger partial charge in [0.15, 0.2) is 0 Å². The summed E-state index contributed by atoms with van der Waals surface area (Å²) in [6.07, 6.45) is 8.36. The lowest BCUT2D eigenvalue weighted by atomic mass is 10.0. The molecule has 0 atom stereocenters. The number of nitrogens with zero attached hydrogens (tertiary/aromatic N) is 4. The lowest BCUT2D eigenvalue weighted by Crippen LogP contribution is -2.19. The summed E-state index contributed by atoms with van der Waals surface area (Å²) in [6.45, 7) is 1.36. The summed E-state index contributed by atoms with van der Waals surface area (Å²) in [7, 11) is 0. The van der Waals surface area contributed by atoms with Gasteiger partial charge in [0.25, 0.3) is 5.91 Å². The smallest absolute Gasteiger partial charge is 0.420 e. The summed E-state index contributed by atoms with van der Waals surface area (Å²) in [5.41, 5.74) is 0.0581. The van der Waals surface area contributed by atoms with Crippen molar-refractivity contribution in [2.45, 2.75) is 24.5 Å². The van der Waals surface area contributed by atoms with Crippen LogP contribution in [-0.2, 0) is 4.74 Å². The summed E-state index contributed by atoms with van der Waals surface area (Å²) in [4.78, 5) is 25.9. The molecule has 1 aliphatic rings. The highest BCUT2D eigenvalue weighted by Gasteiger charge is 2.27. The fraction of sp³-hybridized carbons (Fsp3) is 0.250. The Morgan fingerprint density at radius 3 is 2.54 bits per heavy atom. The molecule has 1 saturated heterocycles. The molecule has 0 saturated carbocycles. The minimum absolute atomic E-state index is 0.130. The van der Waals surface area contributed by atoms with Crippen LogP contribution in [0.3, 0.4) is 0 Å². The molecule has 11 heteroatoms. The van der Waals surface area contributed by atoms with Gasteiger partial charge in [0.05, 0.1) is 17.4 Å². The Balaban J connectivity index is 1.48. The second kappa shape index (κ2) is 9.55. The van der Waals surface area contributed by atoms with Gasteiger partial charge < -0.3 is 19.4 Å². The van der Waals surface area contributed by atoms with Crippen molar-refractivity contribution in [3.63, 3.8) is 0 Å². The molecule has 0 aliphatic carbocycles. The number of halogens is 3. The van der Waals surface area contributed by atoms with E-state index in [0.29, 0.717) is 30.0 Å². The number of fused-ring (bicyclic) bond motifs is 1. The highest BCUT2D eigenvalue weighted by molar-refractivity contribution is 6.20. The van der Waals surface area contributed by atoms with E-state index in [4.69, 9.17) is 16.3 Å². The van der Waals surface area contributed by atoms with Gasteiger partial charge in [-0.1, -0.05) is 0 Å². The van der Waals surface area contributed by atoms with Crippen LogP contribution in [0, 0.1) is 0 Å². The van der Waals surface area contributed by atoms with Crippen LogP contribution in [0.2, 0.25) is 0 Å². The summed E-state index contributed by atoms with van der Waals surface area (Å²) < 4.78 is 37.6. The number of carbonyl (C=O) groups excluding carboxylic acids is 1. The minimum atomic E-state index is -3.81. The Kier molecular flexibility index (Phi) is 6.31. The van der Waals surface area contributed by atoms with Gasteiger partial charge >= 0.3 is 5.57 Å². The number of carbonyl (C=O) groups is 1. The second-order valence-electron chi connectivity index (χ2n) is 8.04. The summed E-state index contributed by atoms with van der Waals surface area (Å²) in [5, 5.41) is 2.76. The Labute approximate surface area is 203 Å². The number of hydrogen-bond acceptors (Lipinski definition) is 6. The van der Waals surface area contributed by atoms with Crippen LogP contribution in [0.5, 0.6) is 5.75 Å². The number of amides is 1. The molecule has 2 aromatic carbocycles. The quantitative estimate of drug-likeness (QED) is 0.364. The third kappa shape index (κ3) is 5.23. The fourth-order valence-corrected chi connectivity index (χ4v) is 4.23. The van der Waals surface area contributed by atoms with Crippen LogP contribution in [0.25, 0.3) is 22.2 Å². The Morgan fingerprint density at radius 2 is 1.86 bits per heavy atom. The zero-order valence-corrected chi connectivity index (χ0v) is 19.1. The molecule has 0 radical (unpaired) electrons. The summed E-state index contributed by atoms with van der Waals surface area (Å²) in [6, 6.07) is 9.20. The third-order valence-electron chi connectivity index (χ3n) is 5.73. The zero-order valence-electron chi connectivity index (χ0n) is 18.3. The Bertz CT molecular complexity index is 1340. The summed E-state index contributed by atoms with van der Waals surface area (Å²) >= 11 is 4.79. The number of anilines is 1. The van der Waals surface area contributed by atoms with Crippen molar-refractivity contribution in [1.82, 2.24) is 19.5 Å². The standard InChI is InChI=1S/C24H20ClF2N5O3/c25-24(26,27)35-19-3-1-17(2-4-19)31-23(33)15-9-20(16-11-28-13-29-12-16)22-21(10-15)30-14-32(22)18-5-7-34-8-6-18/h1-4,9-14,18H,5-8H2,(H,31,33). The van der Waals surface area contributed by atoms with Gasteiger partial charge in [-0.25, -0.2) is 15.0 Å². The molecule has 0 spiro atoms. The fourth-order valence-electron chi connectivity index (χ4n) is 4.14. The van der Waals surface area contributed by atoms with Crippen molar-refractivity contribution >= 4 is 34.2 Å². The highest BCUT2D eigenvalue weighted by Crippen LogP contribution is 2.34. The van der Waals surface area contributed by atoms with Crippen molar-refractivity contribution in [1.29, 1.82) is 0 Å². The van der Waals surface area contributed by atoms with Crippen LogP contribution >= 0.6 is 11.6 Å². The maximum absolute atomic E-state index is 13.1. The van der Waals surface area contributed by atoms with E-state index in [0.717, 1.165) is 29.5 Å². The number of imidazole rings is 1. The third-order valence-corrected chi connectivity index (χ3v) is 5.81. The van der Waals surface area contributed by atoms with Crippen molar-refractivity contribution in [3.05, 3.63) is 67.0 Å². The van der Waals surface area contributed by atoms with Gasteiger partial charge in [0, 0.05) is 65.6 Å². The lowest BCUT2D eigenvalue weighted by molar-refractivity contribution is -0.0964. The molecule has 1 aliphatic heterocycles. The predicted molar refractivity (Wildman–Crippen MR) is 126 cm³/mol. The van der Waals surface area contributed by atoms with E-state index in [2.05, 4.69) is 29.6 Å². The molecule has 5 rings (SSSR count). The number of hydrogen-bond donors (Lipinski definition) is 1. The molecule has 1 fully saturated rings. The van der Waals surface area contributed by atoms with E-state index in [1.165, 1.54) is 30.6 Å². The van der Waals surface area contributed by atoms with Crippen molar-refractivity contribution in [2.24, 2.45) is 0 Å². The van der Waals surface area contributed by atoms with Gasteiger partial charge in [-0.2, -0.15) is 0 Å². The van der Waals surface area contributed by atoms with E-state index in [-0.39, 0.29) is 17.7 Å². The van der Waals surface area contributed by atoms with Crippen LogP contribution < -0.4 is 10.1 Å². The first-order valence-corrected chi connectivity index (χ1v) is 11.3. The lowest BCUT2D eigenvalue weighted by Gasteiger charge is -2.24. The van der Waals surface area contributed by atoms with Crippen LogP contribution in [0.4, 0.5) is 14.5 Å². The number of alkyl halides is 3. The first-order valence-electron chi connectivity index (χ1n) is 10.9. The molecular weight excluding hydrogens is 480 g/mol. The van der Waals surface area contributed by atoms with Crippen molar-refractivity contribution in [3.8, 4) is 16.9 Å². The van der Waals surface area contributed by atoms with Gasteiger partial charge in [-0.15, -0.1) is 8.78 Å². The number of benzene rings is 2. The van der Waals surface area contributed by atoms with Crippen LogP contribution in [0.15, 0.2) is 61.4 Å². The monoisotopic (exact) mass is 499 g/mol. The van der Waals surface area contributed by atoms with Crippen LogP contribution in [0.1, 0.15) is 29.2 Å². The first-order chi connectivity index (χ1) is 16.9. The van der Waals surface area contributed by atoms with E-state index < -0.39 is 5.57 Å². The van der Waals surface area contributed by atoms with Gasteiger partial charge in [0.1, 0.15) is 12.1 Å². The van der Waals surface area contributed by atoms with Crippen molar-refractivity contribution < 1.29 is 23.0 Å². The summed E-state index contributed by atoms with van der Waals surface area (Å²) in [5.74, 6) is -0.517. The molecule has 35 heavy (non-hydrogen) atoms. The molecule has 1 amide bonds. The molecule has 0 unspecified atom stereocenters. The molecule has 8 nitrogen and oxygen atoms in total. The van der Waals surface area contributed by atoms with Gasteiger partial charge in [0.2, 0.25) is 0 Å². The SMILES string of the molecule is O=C(Nc1ccc(OC(F)(F)Cl)cc1)c1cc(-c2cncnc2)c2c(c1)ncn2C1CCOCC1. The predicted octanol–water partition coefficient (Wildman–Crippen LogP) is 5.27. The second-order valence-corrected chi connectivity index (χ2v) is 8.48. The maximum Gasteiger partial charge on any atom is 0.487 e. The molecule has 2 aromatic heterocycles. The normalized spacial score (nSPS) is 14.7. The molecule has 0 bridgehead atoms. The van der Waals surface area contributed by atoms with Gasteiger partial charge in [-0.05, 0) is 49.2 Å². The number of rotatable bonds is 6. The number of ether oxygens (including phenoxy) is 2. The van der Waals surface area contributed by atoms with E-state index in [1.807, 2.05) is 0 Å². The molecule has 180 valence electrons. The Hall–Kier alpha value is -3.63. The average molecular weight is 500 g/mol. The number of nitrogens with one attached hydrogen (secondary N) is 1. The minimum Gasteiger partial charge on any atom is -0.420 e. The molecular formula is C24H20ClF2N5O3. The zero-order chi connectivity index (χ0) is 24.4. The van der Waals surface area contributed by atoms with Crippen molar-refractivity contribution in [2.75, 3.05) is 18.5 Å². The number of aromatic nitrogens is 4. The molecule has 1 N–H and O–H groups in total. The topological polar surface area (TPSA) is 91.2 Å². The molecule has 4 aromatic rings. The van der Waals surface area contributed by atoms with E-state index >= 15 is 0 Å². The highest BCUT2D eigenvalue weighted by atomic mass is 35.5. The first kappa shape index (κ1) is 23.1. The van der Waals surface area contributed by atoms with Crippen LogP contribution in [-0.4, -0.2) is 44.2 Å². The van der Waals surface area contributed by atoms with Gasteiger partial charge in [-0.3, -0.25) is 4.79 Å². The van der Waals surface area contributed by atoms with E-state index in [9.17, 15) is 13.6 Å². The Morgan fingerprint density at radius 1 is 1.14 bits per heavy atom.